The van der Waals surface area contributed by atoms with Crippen LogP contribution < -0.4 is 0 Å². The van der Waals surface area contributed by atoms with Crippen LogP contribution in [-0.2, 0) is 11.3 Å². The van der Waals surface area contributed by atoms with Gasteiger partial charge in [0.05, 0.1) is 5.56 Å². The predicted octanol–water partition coefficient (Wildman–Crippen LogP) is 3.48. The number of thiocarbonyl (C=S) groups is 1. The lowest BCUT2D eigenvalue weighted by molar-refractivity contribution is -0.104. The fourth-order valence-corrected chi connectivity index (χ4v) is 4.32. The second-order valence-corrected chi connectivity index (χ2v) is 7.79. The van der Waals surface area contributed by atoms with Crippen LogP contribution in [0.2, 0.25) is 0 Å². The Balaban J connectivity index is 1.91. The van der Waals surface area contributed by atoms with E-state index in [4.69, 9.17) is 12.2 Å². The molecule has 1 aromatic carbocycles. The standard InChI is InChI=1S/C18H17N3O2S2/c1-12(25-18(24)21-9-5-8-19-21)10-20-13(2)17(16(23)11-22)14-6-3-4-7-15(14)20/h3-9,11-12H,10H2,1-2H3. The second-order valence-electron chi connectivity index (χ2n) is 5.72. The molecule has 3 rings (SSSR count). The third-order valence-corrected chi connectivity index (χ3v) is 5.43. The lowest BCUT2D eigenvalue weighted by Crippen LogP contribution is -2.16. The number of benzene rings is 1. The summed E-state index contributed by atoms with van der Waals surface area (Å²) in [5.74, 6) is -0.486. The third-order valence-electron chi connectivity index (χ3n) is 4.02. The highest BCUT2D eigenvalue weighted by atomic mass is 32.2. The summed E-state index contributed by atoms with van der Waals surface area (Å²) in [4.78, 5) is 23.1. The summed E-state index contributed by atoms with van der Waals surface area (Å²) < 4.78 is 4.42. The molecule has 2 aromatic heterocycles. The maximum absolute atomic E-state index is 12.1. The van der Waals surface area contributed by atoms with E-state index < -0.39 is 5.78 Å². The molecule has 5 nitrogen and oxygen atoms in total. The van der Waals surface area contributed by atoms with Gasteiger partial charge < -0.3 is 4.57 Å². The van der Waals surface area contributed by atoms with E-state index in [2.05, 4.69) is 16.6 Å². The molecule has 0 saturated carbocycles. The van der Waals surface area contributed by atoms with Crippen molar-refractivity contribution in [2.75, 3.05) is 0 Å². The van der Waals surface area contributed by atoms with Crippen molar-refractivity contribution < 1.29 is 9.59 Å². The number of Topliss-reactive ketones (excluding diaryl/α,β-unsaturated/α-hetero) is 1. The van der Waals surface area contributed by atoms with Crippen molar-refractivity contribution in [1.82, 2.24) is 14.3 Å². The van der Waals surface area contributed by atoms with Gasteiger partial charge in [-0.3, -0.25) is 9.59 Å². The van der Waals surface area contributed by atoms with E-state index in [0.717, 1.165) is 16.6 Å². The number of carbonyl (C=O) groups is 2. The van der Waals surface area contributed by atoms with Crippen LogP contribution in [0.3, 0.4) is 0 Å². The van der Waals surface area contributed by atoms with Gasteiger partial charge in [-0.2, -0.15) is 5.10 Å². The second kappa shape index (κ2) is 7.33. The average Bonchev–Trinajstić information content (AvgIpc) is 3.22. The van der Waals surface area contributed by atoms with Crippen LogP contribution in [0.15, 0.2) is 42.7 Å². The highest BCUT2D eigenvalue weighted by Crippen LogP contribution is 2.28. The van der Waals surface area contributed by atoms with E-state index in [1.165, 1.54) is 0 Å². The molecule has 3 aromatic rings. The highest BCUT2D eigenvalue weighted by Gasteiger charge is 2.20. The predicted molar refractivity (Wildman–Crippen MR) is 104 cm³/mol. The molecular formula is C18H17N3O2S2. The van der Waals surface area contributed by atoms with Crippen molar-refractivity contribution in [2.24, 2.45) is 0 Å². The molecule has 0 fully saturated rings. The minimum Gasteiger partial charge on any atom is -0.343 e. The number of ketones is 1. The number of fused-ring (bicyclic) bond motifs is 1. The lowest BCUT2D eigenvalue weighted by atomic mass is 10.1. The number of carbonyl (C=O) groups excluding carboxylic acids is 2. The van der Waals surface area contributed by atoms with E-state index in [1.54, 1.807) is 22.6 Å². The molecule has 0 bridgehead atoms. The van der Waals surface area contributed by atoms with Crippen LogP contribution >= 0.6 is 24.0 Å². The Bertz CT molecular complexity index is 945. The largest absolute Gasteiger partial charge is 0.343 e. The Morgan fingerprint density at radius 3 is 2.80 bits per heavy atom. The maximum Gasteiger partial charge on any atom is 0.227 e. The first-order valence-corrected chi connectivity index (χ1v) is 9.09. The zero-order valence-corrected chi connectivity index (χ0v) is 15.5. The van der Waals surface area contributed by atoms with Gasteiger partial charge in [-0.05, 0) is 19.1 Å². The molecule has 0 aliphatic carbocycles. The Morgan fingerprint density at radius 2 is 2.12 bits per heavy atom. The first-order valence-electron chi connectivity index (χ1n) is 7.81. The molecule has 2 heterocycles. The fraction of sp³-hybridized carbons (Fsp3) is 0.222. The first kappa shape index (κ1) is 17.6. The van der Waals surface area contributed by atoms with Crippen LogP contribution in [0, 0.1) is 6.92 Å². The van der Waals surface area contributed by atoms with Crippen LogP contribution in [-0.4, -0.2) is 36.0 Å². The van der Waals surface area contributed by atoms with Gasteiger partial charge in [-0.25, -0.2) is 4.68 Å². The molecule has 7 heteroatoms. The number of rotatable bonds is 5. The molecule has 0 aliphatic heterocycles. The number of hydrogen-bond donors (Lipinski definition) is 0. The maximum atomic E-state index is 12.1. The molecule has 0 aliphatic rings. The van der Waals surface area contributed by atoms with E-state index in [-0.39, 0.29) is 5.25 Å². The normalized spacial score (nSPS) is 12.2. The third kappa shape index (κ3) is 3.43. The van der Waals surface area contributed by atoms with Crippen LogP contribution in [0.25, 0.3) is 10.9 Å². The molecular weight excluding hydrogens is 354 g/mol. The van der Waals surface area contributed by atoms with Gasteiger partial charge in [0.25, 0.3) is 0 Å². The molecule has 0 radical (unpaired) electrons. The Hall–Kier alpha value is -2.25. The van der Waals surface area contributed by atoms with E-state index in [0.29, 0.717) is 22.7 Å². The van der Waals surface area contributed by atoms with Crippen LogP contribution in [0.5, 0.6) is 0 Å². The minimum absolute atomic E-state index is 0.172. The summed E-state index contributed by atoms with van der Waals surface area (Å²) in [6.07, 6.45) is 3.89. The Kier molecular flexibility index (Phi) is 5.15. The van der Waals surface area contributed by atoms with E-state index in [1.807, 2.05) is 43.5 Å². The number of thioether (sulfide) groups is 1. The van der Waals surface area contributed by atoms with Crippen molar-refractivity contribution in [3.05, 3.63) is 54.0 Å². The molecule has 0 spiro atoms. The number of aldehydes is 1. The molecule has 0 amide bonds. The number of nitrogens with zero attached hydrogens (tertiary/aromatic N) is 3. The zero-order valence-electron chi connectivity index (χ0n) is 13.9. The molecule has 1 atom stereocenters. The minimum atomic E-state index is -0.486. The lowest BCUT2D eigenvalue weighted by Gasteiger charge is -2.15. The number of aromatic nitrogens is 3. The van der Waals surface area contributed by atoms with Crippen molar-refractivity contribution in [3.63, 3.8) is 0 Å². The van der Waals surface area contributed by atoms with Crippen molar-refractivity contribution in [3.8, 4) is 0 Å². The molecule has 1 unspecified atom stereocenters. The quantitative estimate of drug-likeness (QED) is 0.297. The van der Waals surface area contributed by atoms with Gasteiger partial charge in [-0.15, -0.1) is 0 Å². The van der Waals surface area contributed by atoms with Crippen molar-refractivity contribution >= 4 is 51.3 Å². The SMILES string of the molecule is Cc1c(C(=O)C=O)c2ccccc2n1CC(C)SC(=S)n1cccn1. The summed E-state index contributed by atoms with van der Waals surface area (Å²) >= 11 is 6.96. The van der Waals surface area contributed by atoms with Crippen LogP contribution in [0.1, 0.15) is 23.0 Å². The van der Waals surface area contributed by atoms with Crippen LogP contribution in [0.4, 0.5) is 0 Å². The summed E-state index contributed by atoms with van der Waals surface area (Å²) in [6, 6.07) is 9.48. The monoisotopic (exact) mass is 371 g/mol. The number of para-hydroxylation sites is 1. The highest BCUT2D eigenvalue weighted by molar-refractivity contribution is 8.23. The average molecular weight is 371 g/mol. The van der Waals surface area contributed by atoms with Crippen molar-refractivity contribution in [2.45, 2.75) is 25.6 Å². The fourth-order valence-electron chi connectivity index (χ4n) is 2.93. The van der Waals surface area contributed by atoms with E-state index in [9.17, 15) is 9.59 Å². The van der Waals surface area contributed by atoms with Gasteiger partial charge in [-0.1, -0.05) is 49.1 Å². The summed E-state index contributed by atoms with van der Waals surface area (Å²) in [6.45, 7) is 4.63. The Labute approximate surface area is 155 Å². The smallest absolute Gasteiger partial charge is 0.227 e. The first-order chi connectivity index (χ1) is 12.0. The zero-order chi connectivity index (χ0) is 18.0. The molecule has 0 saturated heterocycles. The van der Waals surface area contributed by atoms with Gasteiger partial charge in [0.2, 0.25) is 5.78 Å². The van der Waals surface area contributed by atoms with Gasteiger partial charge in [0, 0.05) is 40.8 Å². The van der Waals surface area contributed by atoms with E-state index >= 15 is 0 Å². The summed E-state index contributed by atoms with van der Waals surface area (Å²) in [5, 5.41) is 5.13. The number of hydrogen-bond acceptors (Lipinski definition) is 5. The van der Waals surface area contributed by atoms with Gasteiger partial charge >= 0.3 is 0 Å². The van der Waals surface area contributed by atoms with Crippen molar-refractivity contribution in [1.29, 1.82) is 0 Å². The molecule has 25 heavy (non-hydrogen) atoms. The topological polar surface area (TPSA) is 56.9 Å². The summed E-state index contributed by atoms with van der Waals surface area (Å²) in [5.41, 5.74) is 2.23. The molecule has 0 N–H and O–H groups in total. The molecule has 128 valence electrons. The van der Waals surface area contributed by atoms with Gasteiger partial charge in [0.1, 0.15) is 0 Å². The summed E-state index contributed by atoms with van der Waals surface area (Å²) in [7, 11) is 0. The van der Waals surface area contributed by atoms with Gasteiger partial charge in [0.15, 0.2) is 10.6 Å². The Morgan fingerprint density at radius 1 is 1.36 bits per heavy atom.